The van der Waals surface area contributed by atoms with Crippen molar-refractivity contribution in [3.05, 3.63) is 70.8 Å². The Bertz CT molecular complexity index is 889. The molecule has 1 heteroatoms. The lowest BCUT2D eigenvalue weighted by Crippen LogP contribution is -2.49. The molecular weight excluding hydrogens is 314 g/mol. The molecule has 1 nitrogen and oxygen atoms in total. The van der Waals surface area contributed by atoms with Gasteiger partial charge in [-0.2, -0.15) is 0 Å². The third-order valence-electron chi connectivity index (χ3n) is 7.35. The summed E-state index contributed by atoms with van der Waals surface area (Å²) in [5.41, 5.74) is 9.50. The van der Waals surface area contributed by atoms with Crippen LogP contribution in [0, 0.1) is 17.3 Å². The number of nitrogens with zero attached hydrogens (tertiary/aromatic N) is 1. The highest BCUT2D eigenvalue weighted by molar-refractivity contribution is 5.76. The fourth-order valence-corrected chi connectivity index (χ4v) is 5.63. The Balaban J connectivity index is 1.29. The average molecular weight is 344 g/mol. The largest absolute Gasteiger partial charge is 0.298 e. The Morgan fingerprint density at radius 2 is 1.81 bits per heavy atom. The van der Waals surface area contributed by atoms with Gasteiger partial charge in [0.25, 0.3) is 0 Å². The first-order valence-electron chi connectivity index (χ1n) is 10.1. The summed E-state index contributed by atoms with van der Waals surface area (Å²) in [5, 5.41) is 0. The minimum Gasteiger partial charge on any atom is -0.298 e. The number of benzene rings is 2. The van der Waals surface area contributed by atoms with Gasteiger partial charge in [-0.1, -0.05) is 68.0 Å². The summed E-state index contributed by atoms with van der Waals surface area (Å²) in [5.74, 6) is 1.75. The van der Waals surface area contributed by atoms with Crippen LogP contribution >= 0.6 is 0 Å². The molecule has 0 unspecified atom stereocenters. The molecule has 1 fully saturated rings. The highest BCUT2D eigenvalue weighted by atomic mass is 15.1. The molecule has 4 aliphatic carbocycles. The Labute approximate surface area is 157 Å². The standard InChI is InChI=1S/C25H29N/c1-25(2)21-10-9-19(24(25)14-21)16-26(3)15-17-8-11-23-20(12-17)13-18-6-4-5-7-22(18)23/h4-9,11-12,21,24H,10,13-16H2,1-3H3/t21-,24-/m0/s1. The van der Waals surface area contributed by atoms with Gasteiger partial charge in [0.05, 0.1) is 0 Å². The van der Waals surface area contributed by atoms with Crippen molar-refractivity contribution in [2.45, 2.75) is 39.7 Å². The van der Waals surface area contributed by atoms with Crippen molar-refractivity contribution in [3.63, 3.8) is 0 Å². The van der Waals surface area contributed by atoms with Crippen molar-refractivity contribution < 1.29 is 0 Å². The zero-order valence-electron chi connectivity index (χ0n) is 16.3. The Hall–Kier alpha value is -1.86. The van der Waals surface area contributed by atoms with Crippen LogP contribution in [0.1, 0.15) is 43.4 Å². The summed E-state index contributed by atoms with van der Waals surface area (Å²) >= 11 is 0. The van der Waals surface area contributed by atoms with E-state index in [2.05, 4.69) is 74.3 Å². The molecule has 0 aliphatic heterocycles. The zero-order chi connectivity index (χ0) is 17.9. The number of likely N-dealkylation sites (N-methyl/N-ethyl adjacent to an activating group) is 1. The summed E-state index contributed by atoms with van der Waals surface area (Å²) in [6.45, 7) is 7.10. The Morgan fingerprint density at radius 3 is 2.62 bits per heavy atom. The molecule has 0 radical (unpaired) electrons. The second kappa shape index (κ2) is 5.82. The SMILES string of the molecule is CN(CC1=CC[C@H]2C[C@@H]1C2(C)C)Cc1ccc2c(c1)Cc1ccccc1-2. The summed E-state index contributed by atoms with van der Waals surface area (Å²) in [7, 11) is 2.28. The first-order chi connectivity index (χ1) is 12.5. The first kappa shape index (κ1) is 16.3. The van der Waals surface area contributed by atoms with E-state index < -0.39 is 0 Å². The second-order valence-electron chi connectivity index (χ2n) is 9.32. The monoisotopic (exact) mass is 343 g/mol. The van der Waals surface area contributed by atoms with Crippen LogP contribution in [-0.4, -0.2) is 18.5 Å². The summed E-state index contributed by atoms with van der Waals surface area (Å²) < 4.78 is 0. The molecule has 2 aromatic rings. The normalized spacial score (nSPS) is 24.7. The fourth-order valence-electron chi connectivity index (χ4n) is 5.63. The zero-order valence-corrected chi connectivity index (χ0v) is 16.3. The number of allylic oxidation sites excluding steroid dienone is 1. The number of hydrogen-bond acceptors (Lipinski definition) is 1. The molecule has 0 N–H and O–H groups in total. The third kappa shape index (κ3) is 2.48. The number of rotatable bonds is 4. The smallest absolute Gasteiger partial charge is 0.0234 e. The van der Waals surface area contributed by atoms with Gasteiger partial charge in [-0.25, -0.2) is 0 Å². The van der Waals surface area contributed by atoms with E-state index in [9.17, 15) is 0 Å². The van der Waals surface area contributed by atoms with E-state index in [0.717, 1.165) is 31.3 Å². The lowest BCUT2D eigenvalue weighted by atomic mass is 9.49. The number of hydrogen-bond donors (Lipinski definition) is 0. The van der Waals surface area contributed by atoms with Gasteiger partial charge in [0.15, 0.2) is 0 Å². The van der Waals surface area contributed by atoms with Crippen molar-refractivity contribution in [1.29, 1.82) is 0 Å². The maximum atomic E-state index is 2.54. The maximum absolute atomic E-state index is 2.54. The van der Waals surface area contributed by atoms with Crippen LogP contribution in [-0.2, 0) is 13.0 Å². The van der Waals surface area contributed by atoms with E-state index in [1.807, 2.05) is 0 Å². The highest BCUT2D eigenvalue weighted by Crippen LogP contribution is 2.59. The van der Waals surface area contributed by atoms with Gasteiger partial charge < -0.3 is 0 Å². The van der Waals surface area contributed by atoms with Crippen molar-refractivity contribution in [2.24, 2.45) is 17.3 Å². The minimum absolute atomic E-state index is 0.532. The number of fused-ring (bicyclic) bond motifs is 4. The van der Waals surface area contributed by atoms with Crippen molar-refractivity contribution in [3.8, 4) is 11.1 Å². The quantitative estimate of drug-likeness (QED) is 0.551. The van der Waals surface area contributed by atoms with Crippen LogP contribution in [0.2, 0.25) is 0 Å². The molecule has 6 rings (SSSR count). The molecule has 2 atom stereocenters. The molecule has 0 aromatic heterocycles. The molecular formula is C25H29N. The molecule has 2 aromatic carbocycles. The van der Waals surface area contributed by atoms with Gasteiger partial charge >= 0.3 is 0 Å². The Morgan fingerprint density at radius 1 is 1.00 bits per heavy atom. The maximum Gasteiger partial charge on any atom is 0.0234 e. The molecule has 0 heterocycles. The van der Waals surface area contributed by atoms with E-state index in [0.29, 0.717) is 5.41 Å². The lowest BCUT2D eigenvalue weighted by molar-refractivity contribution is -0.0101. The van der Waals surface area contributed by atoms with Crippen LogP contribution in [0.4, 0.5) is 0 Å². The molecule has 26 heavy (non-hydrogen) atoms. The van der Waals surface area contributed by atoms with Crippen molar-refractivity contribution in [1.82, 2.24) is 4.90 Å². The average Bonchev–Trinajstić information content (AvgIpc) is 2.99. The topological polar surface area (TPSA) is 3.24 Å². The van der Waals surface area contributed by atoms with Crippen LogP contribution in [0.3, 0.4) is 0 Å². The van der Waals surface area contributed by atoms with E-state index in [-0.39, 0.29) is 0 Å². The predicted octanol–water partition coefficient (Wildman–Crippen LogP) is 5.68. The van der Waals surface area contributed by atoms with Crippen molar-refractivity contribution in [2.75, 3.05) is 13.6 Å². The summed E-state index contributed by atoms with van der Waals surface area (Å²) in [6.07, 6.45) is 6.35. The third-order valence-corrected chi connectivity index (χ3v) is 7.35. The van der Waals surface area contributed by atoms with Crippen LogP contribution in [0.15, 0.2) is 54.1 Å². The summed E-state index contributed by atoms with van der Waals surface area (Å²) in [4.78, 5) is 2.50. The second-order valence-corrected chi connectivity index (χ2v) is 9.32. The molecule has 4 aliphatic rings. The lowest BCUT2D eigenvalue weighted by Gasteiger charge is -2.57. The summed E-state index contributed by atoms with van der Waals surface area (Å²) in [6, 6.07) is 15.9. The molecule has 0 saturated heterocycles. The predicted molar refractivity (Wildman–Crippen MR) is 109 cm³/mol. The van der Waals surface area contributed by atoms with E-state index >= 15 is 0 Å². The highest BCUT2D eigenvalue weighted by Gasteiger charge is 2.50. The van der Waals surface area contributed by atoms with Crippen LogP contribution in [0.5, 0.6) is 0 Å². The van der Waals surface area contributed by atoms with Gasteiger partial charge in [0.2, 0.25) is 0 Å². The molecule has 1 saturated carbocycles. The van der Waals surface area contributed by atoms with Crippen molar-refractivity contribution >= 4 is 0 Å². The first-order valence-corrected chi connectivity index (χ1v) is 10.1. The molecule has 0 spiro atoms. The fraction of sp³-hybridized carbons (Fsp3) is 0.440. The van der Waals surface area contributed by atoms with E-state index in [1.54, 1.807) is 5.57 Å². The minimum atomic E-state index is 0.532. The molecule has 2 bridgehead atoms. The Kier molecular flexibility index (Phi) is 3.66. The van der Waals surface area contributed by atoms with E-state index in [1.165, 1.54) is 40.7 Å². The van der Waals surface area contributed by atoms with Gasteiger partial charge in [-0.3, -0.25) is 4.90 Å². The van der Waals surface area contributed by atoms with Crippen LogP contribution in [0.25, 0.3) is 11.1 Å². The molecule has 134 valence electrons. The van der Waals surface area contributed by atoms with E-state index in [4.69, 9.17) is 0 Å². The van der Waals surface area contributed by atoms with Gasteiger partial charge in [0, 0.05) is 13.1 Å². The van der Waals surface area contributed by atoms with Gasteiger partial charge in [-0.05, 0) is 71.4 Å². The van der Waals surface area contributed by atoms with Crippen LogP contribution < -0.4 is 0 Å². The van der Waals surface area contributed by atoms with Gasteiger partial charge in [-0.15, -0.1) is 0 Å². The molecule has 0 amide bonds. The van der Waals surface area contributed by atoms with Gasteiger partial charge in [0.1, 0.15) is 0 Å².